The number of benzene rings is 3. The molecule has 3 heterocycles. The third kappa shape index (κ3) is 14.0. The normalized spacial score (nSPS) is 14.8. The van der Waals surface area contributed by atoms with E-state index in [0.29, 0.717) is 63.8 Å². The van der Waals surface area contributed by atoms with E-state index in [2.05, 4.69) is 20.7 Å². The monoisotopic (exact) mass is 1050 g/mol. The van der Waals surface area contributed by atoms with E-state index in [-0.39, 0.29) is 102 Å². The molecule has 0 spiro atoms. The first-order chi connectivity index (χ1) is 34.7. The molecule has 0 radical (unpaired) electrons. The maximum absolute atomic E-state index is 13.5. The molecule has 0 bridgehead atoms. The Morgan fingerprint density at radius 1 is 0.849 bits per heavy atom. The minimum Gasteiger partial charge on any atom is -0.506 e. The van der Waals surface area contributed by atoms with Gasteiger partial charge in [-0.25, -0.2) is 4.68 Å². The summed E-state index contributed by atoms with van der Waals surface area (Å²) in [6, 6.07) is 10.1. The van der Waals surface area contributed by atoms with Crippen molar-refractivity contribution in [3.8, 4) is 39.6 Å². The molecule has 1 saturated carbocycles. The highest BCUT2D eigenvalue weighted by atomic mass is 35.5. The van der Waals surface area contributed by atoms with E-state index < -0.39 is 58.0 Å². The number of phenols is 1. The number of carbonyl (C=O) groups is 5. The highest BCUT2D eigenvalue weighted by Gasteiger charge is 2.46. The van der Waals surface area contributed by atoms with Gasteiger partial charge in [0, 0.05) is 38.8 Å². The van der Waals surface area contributed by atoms with Crippen LogP contribution in [0.25, 0.3) is 22.4 Å². The topological polar surface area (TPSA) is 216 Å². The molecule has 392 valence electrons. The van der Waals surface area contributed by atoms with E-state index in [1.54, 1.807) is 29.9 Å². The Balaban J connectivity index is 0.000000240. The Hall–Kier alpha value is -6.89. The van der Waals surface area contributed by atoms with Crippen molar-refractivity contribution in [1.29, 1.82) is 0 Å². The molecule has 0 saturated heterocycles. The Kier molecular flexibility index (Phi) is 18.7. The zero-order valence-electron chi connectivity index (χ0n) is 39.6. The Morgan fingerprint density at radius 3 is 2.29 bits per heavy atom. The van der Waals surface area contributed by atoms with E-state index in [1.165, 1.54) is 31.3 Å². The first-order valence-corrected chi connectivity index (χ1v) is 23.2. The standard InChI is InChI=1S/C25H24ClF6N3O4.C23H26N4O7/c1-3-38-13-21(36)33-9-4-10-39-19-8-6-15(18-12-20(25(30,31)32)34-35(18)2)23(37)22(19)14-5-7-17(26)16(11-14)24(27,28)29;1-2-32-10-11-33-9-8-26-13-15(24-25-26)14-34-20-5-3-4-17-21(20)23(31)27(22(17)30)18-7-6-16(28)12-19(18)29/h5-8,11-12,37H,3-4,9-10,13H2,1-2H3,(H,33,36);3-5,13,18H,2,6-12,14H2,1H3. The van der Waals surface area contributed by atoms with Gasteiger partial charge in [0.05, 0.1) is 84.6 Å². The number of carbonyl (C=O) groups excluding carboxylic acids is 5. The number of ketones is 2. The lowest BCUT2D eigenvalue weighted by Crippen LogP contribution is -2.47. The number of hydrogen-bond acceptors (Lipinski definition) is 14. The van der Waals surface area contributed by atoms with E-state index in [9.17, 15) is 55.4 Å². The number of alkyl halides is 6. The van der Waals surface area contributed by atoms with Gasteiger partial charge in [0.1, 0.15) is 41.9 Å². The van der Waals surface area contributed by atoms with Crippen molar-refractivity contribution in [2.75, 3.05) is 52.8 Å². The zero-order valence-corrected chi connectivity index (χ0v) is 40.4. The van der Waals surface area contributed by atoms with Crippen molar-refractivity contribution in [3.05, 3.63) is 93.9 Å². The molecular weight excluding hydrogens is 1000 g/mol. The number of halogens is 7. The van der Waals surface area contributed by atoms with Crippen LogP contribution in [-0.4, -0.2) is 123 Å². The van der Waals surface area contributed by atoms with Gasteiger partial charge < -0.3 is 34.1 Å². The molecule has 1 unspecified atom stereocenters. The molecule has 3 aromatic carbocycles. The van der Waals surface area contributed by atoms with Crippen LogP contribution in [0.15, 0.2) is 60.8 Å². The van der Waals surface area contributed by atoms with E-state index >= 15 is 0 Å². The minimum absolute atomic E-state index is 0.00957. The SMILES string of the molecule is CCOCC(=O)NCCCOc1ccc(-c2cc(C(F)(F)F)nn2C)c(O)c1-c1ccc(Cl)c(C(F)(F)F)c1.CCOCCOCCn1cc(COc2cccc3c2C(=O)N(C2CCC(=O)CC2=O)C3=O)nn1. The smallest absolute Gasteiger partial charge is 0.435 e. The van der Waals surface area contributed by atoms with E-state index in [4.69, 9.17) is 35.3 Å². The van der Waals surface area contributed by atoms with Crippen LogP contribution < -0.4 is 14.8 Å². The maximum Gasteiger partial charge on any atom is 0.435 e. The van der Waals surface area contributed by atoms with Crippen molar-refractivity contribution in [1.82, 2.24) is 35.0 Å². The van der Waals surface area contributed by atoms with Crippen LogP contribution in [0.3, 0.4) is 0 Å². The average Bonchev–Trinajstić information content (AvgIpc) is 4.04. The van der Waals surface area contributed by atoms with Crippen molar-refractivity contribution < 1.29 is 79.1 Å². The lowest BCUT2D eigenvalue weighted by molar-refractivity contribution is -0.141. The van der Waals surface area contributed by atoms with Gasteiger partial charge in [-0.3, -0.25) is 33.6 Å². The number of ether oxygens (including phenoxy) is 5. The lowest BCUT2D eigenvalue weighted by atomic mass is 9.92. The third-order valence-electron chi connectivity index (χ3n) is 11.1. The summed E-state index contributed by atoms with van der Waals surface area (Å²) in [6.45, 7) is 6.83. The highest BCUT2D eigenvalue weighted by Crippen LogP contribution is 2.47. The summed E-state index contributed by atoms with van der Waals surface area (Å²) in [5.41, 5.74) is -2.11. The predicted molar refractivity (Wildman–Crippen MR) is 247 cm³/mol. The fraction of sp³-hybridized carbons (Fsp3) is 0.417. The molecule has 1 aliphatic carbocycles. The van der Waals surface area contributed by atoms with Crippen LogP contribution in [0.5, 0.6) is 17.2 Å². The van der Waals surface area contributed by atoms with Gasteiger partial charge in [-0.15, -0.1) is 5.10 Å². The molecule has 1 atom stereocenters. The molecule has 3 amide bonds. The predicted octanol–water partition coefficient (Wildman–Crippen LogP) is 7.27. The number of aryl methyl sites for hydroxylation is 1. The number of hydrogen-bond donors (Lipinski definition) is 2. The summed E-state index contributed by atoms with van der Waals surface area (Å²) in [5, 5.41) is 24.7. The van der Waals surface area contributed by atoms with Crippen molar-refractivity contribution in [3.63, 3.8) is 0 Å². The molecule has 1 aliphatic heterocycles. The summed E-state index contributed by atoms with van der Waals surface area (Å²) in [5.74, 6) is -2.49. The Labute approximate surface area is 418 Å². The average molecular weight is 1050 g/mol. The fourth-order valence-electron chi connectivity index (χ4n) is 7.66. The first-order valence-electron chi connectivity index (χ1n) is 22.8. The number of imide groups is 1. The number of nitrogens with one attached hydrogen (secondary N) is 1. The third-order valence-corrected chi connectivity index (χ3v) is 11.5. The highest BCUT2D eigenvalue weighted by molar-refractivity contribution is 6.31. The van der Waals surface area contributed by atoms with Gasteiger partial charge in [0.15, 0.2) is 11.5 Å². The van der Waals surface area contributed by atoms with Crippen LogP contribution in [0.4, 0.5) is 26.3 Å². The lowest BCUT2D eigenvalue weighted by Gasteiger charge is -2.27. The maximum atomic E-state index is 13.5. The Morgan fingerprint density at radius 2 is 1.59 bits per heavy atom. The summed E-state index contributed by atoms with van der Waals surface area (Å²) >= 11 is 5.74. The summed E-state index contributed by atoms with van der Waals surface area (Å²) < 4.78 is 110. The number of aromatic hydroxyl groups is 1. The number of aromatic nitrogens is 5. The van der Waals surface area contributed by atoms with Crippen LogP contribution in [0, 0.1) is 0 Å². The first kappa shape index (κ1) is 55.4. The van der Waals surface area contributed by atoms with E-state index in [0.717, 1.165) is 15.6 Å². The second-order valence-electron chi connectivity index (χ2n) is 16.2. The van der Waals surface area contributed by atoms with Crippen molar-refractivity contribution in [2.45, 2.75) is 71.1 Å². The number of phenolic OH excluding ortho intramolecular Hbond substituents is 1. The molecule has 1 fully saturated rings. The summed E-state index contributed by atoms with van der Waals surface area (Å²) in [6.07, 6.45) is -7.50. The largest absolute Gasteiger partial charge is 0.506 e. The van der Waals surface area contributed by atoms with Gasteiger partial charge in [0.25, 0.3) is 11.8 Å². The van der Waals surface area contributed by atoms with Crippen LogP contribution in [0.1, 0.15) is 77.2 Å². The zero-order chi connectivity index (χ0) is 53.0. The van der Waals surface area contributed by atoms with Gasteiger partial charge in [-0.2, -0.15) is 31.4 Å². The van der Waals surface area contributed by atoms with Gasteiger partial charge in [-0.1, -0.05) is 28.9 Å². The molecule has 7 rings (SSSR count). The number of amides is 3. The summed E-state index contributed by atoms with van der Waals surface area (Å²) in [7, 11) is 1.23. The molecule has 2 aromatic heterocycles. The molecule has 25 heteroatoms. The van der Waals surface area contributed by atoms with Crippen LogP contribution >= 0.6 is 11.6 Å². The fourth-order valence-corrected chi connectivity index (χ4v) is 7.88. The number of Topliss-reactive ketones (excluding diaryl/α,β-unsaturated/α-hetero) is 2. The van der Waals surface area contributed by atoms with E-state index in [1.807, 2.05) is 6.92 Å². The molecule has 5 aromatic rings. The molecule has 73 heavy (non-hydrogen) atoms. The Bertz CT molecular complexity index is 2800. The van der Waals surface area contributed by atoms with Gasteiger partial charge in [0.2, 0.25) is 5.91 Å². The second-order valence-corrected chi connectivity index (χ2v) is 16.6. The minimum atomic E-state index is -4.81. The number of nitrogens with zero attached hydrogens (tertiary/aromatic N) is 6. The summed E-state index contributed by atoms with van der Waals surface area (Å²) in [4.78, 5) is 62.5. The van der Waals surface area contributed by atoms with Gasteiger partial charge >= 0.3 is 12.4 Å². The van der Waals surface area contributed by atoms with Gasteiger partial charge in [-0.05, 0) is 74.7 Å². The quantitative estimate of drug-likeness (QED) is 0.0320. The molecular formula is C48H50ClF6N7O11. The van der Waals surface area contributed by atoms with Crippen LogP contribution in [-0.2, 0) is 61.1 Å². The molecule has 18 nitrogen and oxygen atoms in total. The second kappa shape index (κ2) is 24.7. The van der Waals surface area contributed by atoms with Crippen molar-refractivity contribution >= 4 is 40.9 Å². The number of fused-ring (bicyclic) bond motifs is 1. The molecule has 2 aliphatic rings. The van der Waals surface area contributed by atoms with Crippen molar-refractivity contribution in [2.24, 2.45) is 7.05 Å². The number of rotatable bonds is 21. The molecule has 2 N–H and O–H groups in total. The van der Waals surface area contributed by atoms with Crippen LogP contribution in [0.2, 0.25) is 5.02 Å².